The van der Waals surface area contributed by atoms with Crippen molar-refractivity contribution < 1.29 is 14.2 Å². The second-order valence-electron chi connectivity index (χ2n) is 9.01. The summed E-state index contributed by atoms with van der Waals surface area (Å²) in [6, 6.07) is 26.4. The predicted molar refractivity (Wildman–Crippen MR) is 143 cm³/mol. The minimum atomic E-state index is 0.684. The molecule has 1 aliphatic heterocycles. The Kier molecular flexibility index (Phi) is 7.52. The molecule has 2 heterocycles. The van der Waals surface area contributed by atoms with Gasteiger partial charge in [0.1, 0.15) is 12.4 Å². The number of hydrogen-bond donors (Lipinski definition) is 0. The lowest BCUT2D eigenvalue weighted by molar-refractivity contribution is 0.183. The zero-order valence-electron chi connectivity index (χ0n) is 21.0. The van der Waals surface area contributed by atoms with E-state index in [0.717, 1.165) is 40.5 Å². The number of benzene rings is 3. The highest BCUT2D eigenvalue weighted by Crippen LogP contribution is 2.35. The highest BCUT2D eigenvalue weighted by molar-refractivity contribution is 5.72. The van der Waals surface area contributed by atoms with Gasteiger partial charge < -0.3 is 14.2 Å². The van der Waals surface area contributed by atoms with E-state index >= 15 is 0 Å². The molecular formula is C30H33N3O3. The van der Waals surface area contributed by atoms with Gasteiger partial charge in [-0.1, -0.05) is 24.6 Å². The van der Waals surface area contributed by atoms with Crippen molar-refractivity contribution in [3.05, 3.63) is 78.9 Å². The SMILES string of the molecule is COc1ccc(-c2cc(-c3ccc(OCCN4CCCCC4)cc3)nn2-c2ccccc2)cc1OC. The number of aromatic nitrogens is 2. The van der Waals surface area contributed by atoms with Gasteiger partial charge in [0, 0.05) is 17.7 Å². The molecule has 0 spiro atoms. The van der Waals surface area contributed by atoms with Crippen LogP contribution in [-0.2, 0) is 0 Å². The fourth-order valence-corrected chi connectivity index (χ4v) is 4.69. The van der Waals surface area contributed by atoms with E-state index in [1.807, 2.05) is 53.2 Å². The third kappa shape index (κ3) is 5.39. The second kappa shape index (κ2) is 11.3. The average Bonchev–Trinajstić information content (AvgIpc) is 3.40. The van der Waals surface area contributed by atoms with Crippen molar-refractivity contribution in [1.82, 2.24) is 14.7 Å². The summed E-state index contributed by atoms with van der Waals surface area (Å²) in [5.74, 6) is 2.27. The number of para-hydroxylation sites is 1. The molecule has 0 unspecified atom stereocenters. The van der Waals surface area contributed by atoms with Crippen LogP contribution in [0.4, 0.5) is 0 Å². The van der Waals surface area contributed by atoms with Crippen molar-refractivity contribution in [1.29, 1.82) is 0 Å². The van der Waals surface area contributed by atoms with Gasteiger partial charge in [-0.3, -0.25) is 4.90 Å². The number of ether oxygens (including phenoxy) is 3. The van der Waals surface area contributed by atoms with Crippen LogP contribution in [-0.4, -0.2) is 55.1 Å². The third-order valence-electron chi connectivity index (χ3n) is 6.66. The topological polar surface area (TPSA) is 48.8 Å². The molecule has 1 fully saturated rings. The molecule has 36 heavy (non-hydrogen) atoms. The lowest BCUT2D eigenvalue weighted by atomic mass is 10.1. The molecule has 6 heteroatoms. The maximum atomic E-state index is 6.02. The van der Waals surface area contributed by atoms with Crippen molar-refractivity contribution >= 4 is 0 Å². The first-order valence-corrected chi connectivity index (χ1v) is 12.6. The summed E-state index contributed by atoms with van der Waals surface area (Å²) in [7, 11) is 3.29. The van der Waals surface area contributed by atoms with Gasteiger partial charge in [-0.2, -0.15) is 5.10 Å². The molecule has 0 aliphatic carbocycles. The van der Waals surface area contributed by atoms with Crippen LogP contribution >= 0.6 is 0 Å². The lowest BCUT2D eigenvalue weighted by Gasteiger charge is -2.26. The standard InChI is InChI=1S/C30H33N3O3/c1-34-29-16-13-24(21-30(29)35-2)28-22-27(31-33(28)25-9-5-3-6-10-25)23-11-14-26(15-12-23)36-20-19-32-17-7-4-8-18-32/h3,5-6,9-16,21-22H,4,7-8,17-20H2,1-2H3. The maximum absolute atomic E-state index is 6.02. The minimum absolute atomic E-state index is 0.684. The van der Waals surface area contributed by atoms with E-state index in [0.29, 0.717) is 18.1 Å². The van der Waals surface area contributed by atoms with Crippen LogP contribution in [0, 0.1) is 0 Å². The molecular weight excluding hydrogens is 450 g/mol. The van der Waals surface area contributed by atoms with Crippen LogP contribution < -0.4 is 14.2 Å². The summed E-state index contributed by atoms with van der Waals surface area (Å²) in [6.07, 6.45) is 3.96. The van der Waals surface area contributed by atoms with Crippen LogP contribution in [0.15, 0.2) is 78.9 Å². The molecule has 1 saturated heterocycles. The van der Waals surface area contributed by atoms with E-state index in [4.69, 9.17) is 19.3 Å². The van der Waals surface area contributed by atoms with Crippen molar-refractivity contribution in [3.63, 3.8) is 0 Å². The van der Waals surface area contributed by atoms with Crippen molar-refractivity contribution in [2.45, 2.75) is 19.3 Å². The Hall–Kier alpha value is -3.77. The molecule has 1 aromatic heterocycles. The number of rotatable bonds is 9. The Labute approximate surface area is 213 Å². The van der Waals surface area contributed by atoms with Crippen LogP contribution in [0.3, 0.4) is 0 Å². The monoisotopic (exact) mass is 483 g/mol. The van der Waals surface area contributed by atoms with Gasteiger partial charge in [-0.15, -0.1) is 0 Å². The van der Waals surface area contributed by atoms with Crippen LogP contribution in [0.2, 0.25) is 0 Å². The Bertz CT molecular complexity index is 1260. The van der Waals surface area contributed by atoms with Gasteiger partial charge in [0.15, 0.2) is 11.5 Å². The van der Waals surface area contributed by atoms with E-state index < -0.39 is 0 Å². The number of likely N-dealkylation sites (tertiary alicyclic amines) is 1. The zero-order valence-corrected chi connectivity index (χ0v) is 21.0. The molecule has 5 rings (SSSR count). The second-order valence-corrected chi connectivity index (χ2v) is 9.01. The van der Waals surface area contributed by atoms with Crippen molar-refractivity contribution in [2.24, 2.45) is 0 Å². The van der Waals surface area contributed by atoms with E-state index in [9.17, 15) is 0 Å². The highest BCUT2D eigenvalue weighted by atomic mass is 16.5. The van der Waals surface area contributed by atoms with Gasteiger partial charge in [-0.25, -0.2) is 4.68 Å². The molecule has 0 bridgehead atoms. The molecule has 1 aliphatic rings. The molecule has 0 radical (unpaired) electrons. The van der Waals surface area contributed by atoms with Crippen molar-refractivity contribution in [3.8, 4) is 45.5 Å². The fraction of sp³-hybridized carbons (Fsp3) is 0.300. The summed E-state index contributed by atoms with van der Waals surface area (Å²) in [5, 5.41) is 4.98. The summed E-state index contributed by atoms with van der Waals surface area (Å²) in [4.78, 5) is 2.49. The average molecular weight is 484 g/mol. The smallest absolute Gasteiger partial charge is 0.161 e. The fourth-order valence-electron chi connectivity index (χ4n) is 4.69. The quantitative estimate of drug-likeness (QED) is 0.288. The Morgan fingerprint density at radius 3 is 2.19 bits per heavy atom. The minimum Gasteiger partial charge on any atom is -0.493 e. The van der Waals surface area contributed by atoms with Gasteiger partial charge in [0.25, 0.3) is 0 Å². The van der Waals surface area contributed by atoms with E-state index in [1.165, 1.54) is 32.4 Å². The zero-order chi connectivity index (χ0) is 24.7. The normalized spacial score (nSPS) is 13.9. The molecule has 0 saturated carbocycles. The van der Waals surface area contributed by atoms with Gasteiger partial charge >= 0.3 is 0 Å². The number of methoxy groups -OCH3 is 2. The van der Waals surface area contributed by atoms with E-state index in [-0.39, 0.29) is 0 Å². The summed E-state index contributed by atoms with van der Waals surface area (Å²) in [5.41, 5.74) is 4.89. The number of nitrogens with zero attached hydrogens (tertiary/aromatic N) is 3. The Balaban J connectivity index is 1.39. The van der Waals surface area contributed by atoms with Crippen molar-refractivity contribution in [2.75, 3.05) is 40.5 Å². The van der Waals surface area contributed by atoms with Gasteiger partial charge in [0.05, 0.1) is 31.3 Å². The first kappa shape index (κ1) is 23.9. The molecule has 4 aromatic rings. The van der Waals surface area contributed by atoms with E-state index in [1.54, 1.807) is 14.2 Å². The van der Waals surface area contributed by atoms with Crippen LogP contribution in [0.1, 0.15) is 19.3 Å². The molecule has 0 N–H and O–H groups in total. The summed E-state index contributed by atoms with van der Waals surface area (Å²) >= 11 is 0. The third-order valence-corrected chi connectivity index (χ3v) is 6.66. The largest absolute Gasteiger partial charge is 0.493 e. The summed E-state index contributed by atoms with van der Waals surface area (Å²) in [6.45, 7) is 4.08. The Morgan fingerprint density at radius 1 is 0.750 bits per heavy atom. The van der Waals surface area contributed by atoms with Crippen LogP contribution in [0.25, 0.3) is 28.2 Å². The van der Waals surface area contributed by atoms with Crippen LogP contribution in [0.5, 0.6) is 17.2 Å². The molecule has 0 atom stereocenters. The summed E-state index contributed by atoms with van der Waals surface area (Å²) < 4.78 is 19.0. The Morgan fingerprint density at radius 2 is 1.47 bits per heavy atom. The molecule has 3 aromatic carbocycles. The number of piperidine rings is 1. The van der Waals surface area contributed by atoms with E-state index in [2.05, 4.69) is 35.2 Å². The first-order valence-electron chi connectivity index (χ1n) is 12.6. The maximum Gasteiger partial charge on any atom is 0.161 e. The predicted octanol–water partition coefficient (Wildman–Crippen LogP) is 6.09. The van der Waals surface area contributed by atoms with Gasteiger partial charge in [-0.05, 0) is 86.6 Å². The van der Waals surface area contributed by atoms with Gasteiger partial charge in [0.2, 0.25) is 0 Å². The molecule has 186 valence electrons. The molecule has 0 amide bonds. The lowest BCUT2D eigenvalue weighted by Crippen LogP contribution is -2.33. The first-order chi connectivity index (χ1) is 17.7. The molecule has 6 nitrogen and oxygen atoms in total. The highest BCUT2D eigenvalue weighted by Gasteiger charge is 2.16. The number of hydrogen-bond acceptors (Lipinski definition) is 5.